The van der Waals surface area contributed by atoms with Gasteiger partial charge in [0.1, 0.15) is 6.04 Å². The van der Waals surface area contributed by atoms with Gasteiger partial charge in [-0.25, -0.2) is 18.4 Å². The van der Waals surface area contributed by atoms with Crippen LogP contribution in [0.4, 0.5) is 0 Å². The Labute approximate surface area is 141 Å². The quantitative estimate of drug-likeness (QED) is 0.847. The highest BCUT2D eigenvalue weighted by molar-refractivity contribution is 7.89. The molecular weight excluding hydrogens is 332 g/mol. The molecule has 1 heterocycles. The van der Waals surface area contributed by atoms with Gasteiger partial charge in [-0.2, -0.15) is 0 Å². The fourth-order valence-corrected chi connectivity index (χ4v) is 3.91. The van der Waals surface area contributed by atoms with Gasteiger partial charge in [-0.15, -0.1) is 0 Å². The van der Waals surface area contributed by atoms with Crippen molar-refractivity contribution in [2.24, 2.45) is 11.1 Å². The molecule has 132 valence electrons. The third kappa shape index (κ3) is 3.59. The summed E-state index contributed by atoms with van der Waals surface area (Å²) >= 11 is 0. The molecule has 3 N–H and O–H groups in total. The number of rotatable bonds is 3. The maximum atomic E-state index is 12.8. The first-order valence-electron chi connectivity index (χ1n) is 7.70. The van der Waals surface area contributed by atoms with Gasteiger partial charge in [-0.1, -0.05) is 6.92 Å². The van der Waals surface area contributed by atoms with E-state index in [1.165, 1.54) is 11.0 Å². The number of sulfonamides is 1. The van der Waals surface area contributed by atoms with Crippen LogP contribution in [-0.2, 0) is 14.8 Å². The van der Waals surface area contributed by atoms with Crippen molar-refractivity contribution in [3.63, 3.8) is 0 Å². The molecule has 0 spiro atoms. The van der Waals surface area contributed by atoms with Crippen molar-refractivity contribution < 1.29 is 23.1 Å². The number of nitrogens with zero attached hydrogens (tertiary/aromatic N) is 1. The average molecular weight is 354 g/mol. The van der Waals surface area contributed by atoms with E-state index in [1.54, 1.807) is 19.9 Å². The molecule has 1 aromatic rings. The third-order valence-electron chi connectivity index (χ3n) is 4.58. The van der Waals surface area contributed by atoms with Crippen molar-refractivity contribution in [3.05, 3.63) is 28.8 Å². The van der Waals surface area contributed by atoms with E-state index in [0.29, 0.717) is 30.5 Å². The van der Waals surface area contributed by atoms with Gasteiger partial charge in [0.05, 0.1) is 4.90 Å². The number of primary sulfonamides is 1. The maximum Gasteiger partial charge on any atom is 0.326 e. The molecule has 0 aliphatic carbocycles. The summed E-state index contributed by atoms with van der Waals surface area (Å²) in [5, 5.41) is 14.6. The number of aliphatic carboxylic acids is 1. The van der Waals surface area contributed by atoms with Crippen LogP contribution >= 0.6 is 0 Å². The molecular formula is C16H22N2O5S. The second-order valence-corrected chi connectivity index (χ2v) is 7.97. The van der Waals surface area contributed by atoms with E-state index >= 15 is 0 Å². The standard InChI is InChI=1S/C16H22N2O5S/c1-9-4-5-18(13(6-9)16(20)21)15(19)12-7-10(2)11(3)14(8-12)24(17,22)23/h7-9,13H,4-6H2,1-3H3,(H,20,21)(H2,17,22,23). The van der Waals surface area contributed by atoms with Crippen molar-refractivity contribution in [1.29, 1.82) is 0 Å². The van der Waals surface area contributed by atoms with Gasteiger partial charge >= 0.3 is 5.97 Å². The Morgan fingerprint density at radius 1 is 1.29 bits per heavy atom. The molecule has 0 saturated carbocycles. The Morgan fingerprint density at radius 2 is 1.92 bits per heavy atom. The van der Waals surface area contributed by atoms with Crippen LogP contribution in [0.1, 0.15) is 41.3 Å². The first-order chi connectivity index (χ1) is 11.0. The Hall–Kier alpha value is -1.93. The van der Waals surface area contributed by atoms with Crippen molar-refractivity contribution in [3.8, 4) is 0 Å². The molecule has 1 fully saturated rings. The monoisotopic (exact) mass is 354 g/mol. The Balaban J connectivity index is 2.46. The van der Waals surface area contributed by atoms with Crippen molar-refractivity contribution in [1.82, 2.24) is 4.90 Å². The van der Waals surface area contributed by atoms with Crippen molar-refractivity contribution in [2.75, 3.05) is 6.54 Å². The molecule has 2 unspecified atom stereocenters. The van der Waals surface area contributed by atoms with Gasteiger partial charge in [0.2, 0.25) is 10.0 Å². The smallest absolute Gasteiger partial charge is 0.326 e. The molecule has 0 aromatic heterocycles. The number of likely N-dealkylation sites (tertiary alicyclic amines) is 1. The van der Waals surface area contributed by atoms with Crippen LogP contribution in [0.25, 0.3) is 0 Å². The summed E-state index contributed by atoms with van der Waals surface area (Å²) in [6.45, 7) is 5.58. The fourth-order valence-electron chi connectivity index (χ4n) is 3.03. The number of piperidine rings is 1. The minimum atomic E-state index is -3.97. The first-order valence-corrected chi connectivity index (χ1v) is 9.24. The third-order valence-corrected chi connectivity index (χ3v) is 5.62. The van der Waals surface area contributed by atoms with E-state index in [9.17, 15) is 23.1 Å². The largest absolute Gasteiger partial charge is 0.480 e. The van der Waals surface area contributed by atoms with Crippen LogP contribution in [0.2, 0.25) is 0 Å². The maximum absolute atomic E-state index is 12.8. The lowest BCUT2D eigenvalue weighted by Gasteiger charge is -2.36. The van der Waals surface area contributed by atoms with Crippen LogP contribution < -0.4 is 5.14 Å². The first kappa shape index (κ1) is 18.4. The number of hydrogen-bond acceptors (Lipinski definition) is 4. The van der Waals surface area contributed by atoms with E-state index in [-0.39, 0.29) is 16.4 Å². The number of aryl methyl sites for hydroxylation is 1. The SMILES string of the molecule is Cc1cc(C(=O)N2CCC(C)CC2C(=O)O)cc(S(N)(=O)=O)c1C. The van der Waals surface area contributed by atoms with Crippen LogP contribution in [-0.4, -0.2) is 42.9 Å². The van der Waals surface area contributed by atoms with Crippen LogP contribution in [0, 0.1) is 19.8 Å². The van der Waals surface area contributed by atoms with E-state index in [2.05, 4.69) is 0 Å². The lowest BCUT2D eigenvalue weighted by molar-refractivity contribution is -0.144. The number of carbonyl (C=O) groups is 2. The highest BCUT2D eigenvalue weighted by atomic mass is 32.2. The van der Waals surface area contributed by atoms with Crippen molar-refractivity contribution in [2.45, 2.75) is 44.6 Å². The highest BCUT2D eigenvalue weighted by Crippen LogP contribution is 2.26. The summed E-state index contributed by atoms with van der Waals surface area (Å²) in [6.07, 6.45) is 1.09. The van der Waals surface area contributed by atoms with Crippen molar-refractivity contribution >= 4 is 21.9 Å². The molecule has 2 atom stereocenters. The molecule has 0 bridgehead atoms. The molecule has 24 heavy (non-hydrogen) atoms. The topological polar surface area (TPSA) is 118 Å². The van der Waals surface area contributed by atoms with E-state index in [4.69, 9.17) is 5.14 Å². The number of nitrogens with two attached hydrogens (primary N) is 1. The number of amides is 1. The fraction of sp³-hybridized carbons (Fsp3) is 0.500. The number of carbonyl (C=O) groups excluding carboxylic acids is 1. The molecule has 7 nitrogen and oxygen atoms in total. The number of carboxylic acid groups (broad SMARTS) is 1. The van der Waals surface area contributed by atoms with Crippen LogP contribution in [0.15, 0.2) is 17.0 Å². The zero-order valence-electron chi connectivity index (χ0n) is 13.9. The van der Waals surface area contributed by atoms with Crippen LogP contribution in [0.5, 0.6) is 0 Å². The minimum absolute atomic E-state index is 0.108. The van der Waals surface area contributed by atoms with E-state index in [0.717, 1.165) is 0 Å². The Morgan fingerprint density at radius 3 is 2.46 bits per heavy atom. The molecule has 2 rings (SSSR count). The predicted octanol–water partition coefficient (Wildman–Crippen LogP) is 1.28. The number of carboxylic acids is 1. The molecule has 1 amide bonds. The van der Waals surface area contributed by atoms with Gasteiger partial charge in [-0.05, 0) is 55.9 Å². The summed E-state index contributed by atoms with van der Waals surface area (Å²) in [4.78, 5) is 25.5. The lowest BCUT2D eigenvalue weighted by atomic mass is 9.91. The zero-order chi connectivity index (χ0) is 18.2. The molecule has 1 aliphatic rings. The molecule has 0 radical (unpaired) electrons. The molecule has 1 aromatic carbocycles. The van der Waals surface area contributed by atoms with E-state index in [1.807, 2.05) is 6.92 Å². The minimum Gasteiger partial charge on any atom is -0.480 e. The molecule has 1 saturated heterocycles. The molecule has 1 aliphatic heterocycles. The lowest BCUT2D eigenvalue weighted by Crippen LogP contribution is -2.49. The second kappa shape index (κ2) is 6.52. The Kier molecular flexibility index (Phi) is 5.00. The zero-order valence-corrected chi connectivity index (χ0v) is 14.8. The number of hydrogen-bond donors (Lipinski definition) is 2. The van der Waals surface area contributed by atoms with Gasteiger partial charge < -0.3 is 10.0 Å². The van der Waals surface area contributed by atoms with Gasteiger partial charge in [0.15, 0.2) is 0 Å². The second-order valence-electron chi connectivity index (χ2n) is 6.44. The summed E-state index contributed by atoms with van der Waals surface area (Å²) in [5.41, 5.74) is 1.24. The number of benzene rings is 1. The van der Waals surface area contributed by atoms with Gasteiger partial charge in [-0.3, -0.25) is 4.79 Å². The van der Waals surface area contributed by atoms with E-state index < -0.39 is 27.9 Å². The Bertz CT molecular complexity index is 788. The predicted molar refractivity (Wildman–Crippen MR) is 88.1 cm³/mol. The summed E-state index contributed by atoms with van der Waals surface area (Å²) in [7, 11) is -3.97. The summed E-state index contributed by atoms with van der Waals surface area (Å²) in [5.74, 6) is -1.32. The summed E-state index contributed by atoms with van der Waals surface area (Å²) in [6, 6.07) is 1.90. The van der Waals surface area contributed by atoms with Crippen LogP contribution in [0.3, 0.4) is 0 Å². The highest BCUT2D eigenvalue weighted by Gasteiger charge is 2.35. The summed E-state index contributed by atoms with van der Waals surface area (Å²) < 4.78 is 23.5. The molecule has 8 heteroatoms. The average Bonchev–Trinajstić information content (AvgIpc) is 2.47. The van der Waals surface area contributed by atoms with Gasteiger partial charge in [0.25, 0.3) is 5.91 Å². The van der Waals surface area contributed by atoms with Gasteiger partial charge in [0, 0.05) is 12.1 Å². The normalized spacial score (nSPS) is 21.6.